The number of anilines is 1. The molecule has 0 spiro atoms. The Hall–Kier alpha value is -2.09. The number of aryl methyl sites for hydroxylation is 1. The van der Waals surface area contributed by atoms with Gasteiger partial charge in [0, 0.05) is 30.3 Å². The molecule has 2 aliphatic heterocycles. The number of fused-ring (bicyclic) bond motifs is 1. The maximum Gasteiger partial charge on any atom is 0.245 e. The molecule has 1 atom stereocenters. The number of benzene rings is 2. The lowest BCUT2D eigenvalue weighted by molar-refractivity contribution is -0.132. The number of carbonyl (C=O) groups is 1. The van der Waals surface area contributed by atoms with Crippen molar-refractivity contribution in [1.29, 1.82) is 0 Å². The molecule has 0 aromatic heterocycles. The summed E-state index contributed by atoms with van der Waals surface area (Å²) in [6.07, 6.45) is 5.84. The van der Waals surface area contributed by atoms with Crippen molar-refractivity contribution in [2.24, 2.45) is 0 Å². The first kappa shape index (κ1) is 22.1. The van der Waals surface area contributed by atoms with Gasteiger partial charge in [0.25, 0.3) is 0 Å². The summed E-state index contributed by atoms with van der Waals surface area (Å²) in [5.41, 5.74) is 2.48. The molecular weight excluding hydrogens is 434 g/mol. The van der Waals surface area contributed by atoms with E-state index in [0.717, 1.165) is 42.7 Å². The molecule has 4 rings (SSSR count). The number of carbonyl (C=O) groups excluding carboxylic acids is 1. The minimum absolute atomic E-state index is 0.129. The molecule has 31 heavy (non-hydrogen) atoms. The Morgan fingerprint density at radius 1 is 1.10 bits per heavy atom. The van der Waals surface area contributed by atoms with Crippen molar-refractivity contribution >= 4 is 33.2 Å². The first-order chi connectivity index (χ1) is 14.9. The Bertz CT molecular complexity index is 1050. The molecule has 1 fully saturated rings. The third kappa shape index (κ3) is 5.22. The maximum absolute atomic E-state index is 12.9. The van der Waals surface area contributed by atoms with Crippen LogP contribution in [0, 0.1) is 0 Å². The minimum atomic E-state index is -3.67. The van der Waals surface area contributed by atoms with Gasteiger partial charge in [0.1, 0.15) is 6.04 Å². The third-order valence-electron chi connectivity index (χ3n) is 6.05. The Labute approximate surface area is 189 Å². The normalized spacial score (nSPS) is 19.3. The topological polar surface area (TPSA) is 78.5 Å². The lowest BCUT2D eigenvalue weighted by atomic mass is 9.97. The van der Waals surface area contributed by atoms with Gasteiger partial charge < -0.3 is 10.2 Å². The van der Waals surface area contributed by atoms with E-state index in [4.69, 9.17) is 11.6 Å². The van der Waals surface area contributed by atoms with Crippen LogP contribution in [-0.4, -0.2) is 38.4 Å². The van der Waals surface area contributed by atoms with Crippen LogP contribution < -0.4 is 10.0 Å². The van der Waals surface area contributed by atoms with E-state index in [1.54, 1.807) is 30.3 Å². The molecule has 0 aliphatic carbocycles. The van der Waals surface area contributed by atoms with Gasteiger partial charge >= 0.3 is 0 Å². The fraction of sp³-hybridized carbons (Fsp3) is 0.435. The van der Waals surface area contributed by atoms with Crippen molar-refractivity contribution in [3.05, 3.63) is 58.6 Å². The van der Waals surface area contributed by atoms with Crippen LogP contribution in [0.25, 0.3) is 0 Å². The van der Waals surface area contributed by atoms with Crippen molar-refractivity contribution in [3.8, 4) is 0 Å². The van der Waals surface area contributed by atoms with E-state index in [1.165, 1.54) is 12.8 Å². The lowest BCUT2D eigenvalue weighted by Gasteiger charge is -2.31. The highest BCUT2D eigenvalue weighted by atomic mass is 35.5. The highest BCUT2D eigenvalue weighted by molar-refractivity contribution is 7.89. The molecule has 1 saturated heterocycles. The molecule has 2 aromatic rings. The van der Waals surface area contributed by atoms with E-state index < -0.39 is 10.0 Å². The number of nitrogens with zero attached hydrogens (tertiary/aromatic N) is 1. The number of nitrogens with one attached hydrogen (secondary N) is 2. The van der Waals surface area contributed by atoms with E-state index in [2.05, 4.69) is 10.0 Å². The highest BCUT2D eigenvalue weighted by Crippen LogP contribution is 2.29. The summed E-state index contributed by atoms with van der Waals surface area (Å²) in [4.78, 5) is 15.1. The Balaban J connectivity index is 1.43. The van der Waals surface area contributed by atoms with Gasteiger partial charge in [-0.2, -0.15) is 0 Å². The van der Waals surface area contributed by atoms with Crippen LogP contribution in [0.5, 0.6) is 0 Å². The van der Waals surface area contributed by atoms with Gasteiger partial charge in [-0.25, -0.2) is 13.1 Å². The zero-order valence-corrected chi connectivity index (χ0v) is 19.0. The average Bonchev–Trinajstić information content (AvgIpc) is 3.07. The van der Waals surface area contributed by atoms with Gasteiger partial charge in [-0.15, -0.1) is 0 Å². The zero-order chi connectivity index (χ0) is 21.8. The monoisotopic (exact) mass is 461 g/mol. The summed E-state index contributed by atoms with van der Waals surface area (Å²) in [6, 6.07) is 12.0. The van der Waals surface area contributed by atoms with E-state index in [0.29, 0.717) is 17.9 Å². The maximum atomic E-state index is 12.9. The predicted molar refractivity (Wildman–Crippen MR) is 123 cm³/mol. The molecule has 2 aliphatic rings. The molecule has 6 nitrogen and oxygen atoms in total. The van der Waals surface area contributed by atoms with Crippen LogP contribution in [-0.2, 0) is 27.8 Å². The smallest absolute Gasteiger partial charge is 0.245 e. The van der Waals surface area contributed by atoms with Crippen LogP contribution in [0.15, 0.2) is 47.4 Å². The highest BCUT2D eigenvalue weighted by Gasteiger charge is 2.29. The summed E-state index contributed by atoms with van der Waals surface area (Å²) in [6.45, 7) is 1.79. The zero-order valence-electron chi connectivity index (χ0n) is 17.4. The van der Waals surface area contributed by atoms with E-state index in [9.17, 15) is 13.2 Å². The van der Waals surface area contributed by atoms with Gasteiger partial charge in [-0.3, -0.25) is 4.79 Å². The predicted octanol–water partition coefficient (Wildman–Crippen LogP) is 3.95. The van der Waals surface area contributed by atoms with Crippen LogP contribution >= 0.6 is 11.6 Å². The molecular formula is C23H28ClN3O3S. The number of sulfonamides is 1. The number of likely N-dealkylation sites (tertiary alicyclic amines) is 1. The van der Waals surface area contributed by atoms with Crippen molar-refractivity contribution in [2.45, 2.75) is 56.0 Å². The fourth-order valence-corrected chi connectivity index (χ4v) is 5.50. The van der Waals surface area contributed by atoms with E-state index >= 15 is 0 Å². The standard InChI is InChI=1S/C23H28ClN3O3S/c24-20-8-4-3-7-18(20)16-25-31(29,30)19-10-12-21-17(15-19)9-11-22(26-21)23(28)27-13-5-1-2-6-14-27/h3-4,7-8,10,12,15,22,25-26H,1-2,5-6,9,11,13-14,16H2. The van der Waals surface area contributed by atoms with Gasteiger partial charge in [0.15, 0.2) is 0 Å². The number of hydrogen-bond donors (Lipinski definition) is 2. The second-order valence-electron chi connectivity index (χ2n) is 8.21. The number of halogens is 1. The summed E-state index contributed by atoms with van der Waals surface area (Å²) in [5, 5.41) is 3.86. The summed E-state index contributed by atoms with van der Waals surface area (Å²) in [5.74, 6) is 0.158. The lowest BCUT2D eigenvalue weighted by Crippen LogP contribution is -2.45. The molecule has 0 radical (unpaired) electrons. The van der Waals surface area contributed by atoms with Crippen LogP contribution in [0.2, 0.25) is 5.02 Å². The second kappa shape index (κ2) is 9.59. The third-order valence-corrected chi connectivity index (χ3v) is 7.81. The SMILES string of the molecule is O=C(C1CCc2cc(S(=O)(=O)NCc3ccccc3Cl)ccc2N1)N1CCCCCC1. The molecule has 8 heteroatoms. The molecule has 2 heterocycles. The van der Waals surface area contributed by atoms with Crippen LogP contribution in [0.4, 0.5) is 5.69 Å². The molecule has 2 aromatic carbocycles. The van der Waals surface area contributed by atoms with Crippen molar-refractivity contribution in [3.63, 3.8) is 0 Å². The van der Waals surface area contributed by atoms with Crippen LogP contribution in [0.1, 0.15) is 43.2 Å². The quantitative estimate of drug-likeness (QED) is 0.706. The first-order valence-electron chi connectivity index (χ1n) is 10.9. The Morgan fingerprint density at radius 3 is 2.58 bits per heavy atom. The van der Waals surface area contributed by atoms with Gasteiger partial charge in [-0.05, 0) is 61.1 Å². The number of hydrogen-bond acceptors (Lipinski definition) is 4. The Morgan fingerprint density at radius 2 is 1.84 bits per heavy atom. The van der Waals surface area contributed by atoms with Gasteiger partial charge in [-0.1, -0.05) is 42.6 Å². The Kier molecular flexibility index (Phi) is 6.84. The average molecular weight is 462 g/mol. The number of rotatable bonds is 5. The molecule has 1 unspecified atom stereocenters. The first-order valence-corrected chi connectivity index (χ1v) is 12.7. The summed E-state index contributed by atoms with van der Waals surface area (Å²) >= 11 is 6.12. The molecule has 0 bridgehead atoms. The molecule has 2 N–H and O–H groups in total. The minimum Gasteiger partial charge on any atom is -0.373 e. The van der Waals surface area contributed by atoms with E-state index in [1.807, 2.05) is 17.0 Å². The van der Waals surface area contributed by atoms with Crippen LogP contribution in [0.3, 0.4) is 0 Å². The van der Waals surface area contributed by atoms with Gasteiger partial charge in [0.05, 0.1) is 4.90 Å². The van der Waals surface area contributed by atoms with Crippen molar-refractivity contribution in [1.82, 2.24) is 9.62 Å². The second-order valence-corrected chi connectivity index (χ2v) is 10.4. The largest absolute Gasteiger partial charge is 0.373 e. The summed E-state index contributed by atoms with van der Waals surface area (Å²) in [7, 11) is -3.67. The van der Waals surface area contributed by atoms with Crippen molar-refractivity contribution < 1.29 is 13.2 Å². The fourth-order valence-electron chi connectivity index (χ4n) is 4.24. The van der Waals surface area contributed by atoms with Crippen molar-refractivity contribution in [2.75, 3.05) is 18.4 Å². The molecule has 0 saturated carbocycles. The van der Waals surface area contributed by atoms with E-state index in [-0.39, 0.29) is 23.4 Å². The summed E-state index contributed by atoms with van der Waals surface area (Å²) < 4.78 is 28.2. The van der Waals surface area contributed by atoms with Gasteiger partial charge in [0.2, 0.25) is 15.9 Å². The number of amides is 1. The molecule has 166 valence electrons. The molecule has 1 amide bonds.